The smallest absolute Gasteiger partial charge is 0.302 e. The lowest BCUT2D eigenvalue weighted by Crippen LogP contribution is -2.37. The number of carbonyl (C=O) groups excluding carboxylic acids is 2. The largest absolute Gasteiger partial charge is 0.423 e. The van der Waals surface area contributed by atoms with Gasteiger partial charge < -0.3 is 15.1 Å². The molecule has 0 aliphatic carbocycles. The number of guanidine groups is 1. The van der Waals surface area contributed by atoms with Gasteiger partial charge in [0.25, 0.3) is 5.91 Å². The molecule has 5 rings (SSSR count). The summed E-state index contributed by atoms with van der Waals surface area (Å²) in [5.74, 6) is 0.0454. The van der Waals surface area contributed by atoms with Crippen LogP contribution in [-0.4, -0.2) is 27.6 Å². The van der Waals surface area contributed by atoms with E-state index in [1.807, 2.05) is 43.3 Å². The summed E-state index contributed by atoms with van der Waals surface area (Å²) in [5, 5.41) is 9.44. The van der Waals surface area contributed by atoms with Crippen LogP contribution in [0.4, 0.5) is 11.8 Å². The normalized spacial score (nSPS) is 15.2. The molecule has 1 amide bonds. The summed E-state index contributed by atoms with van der Waals surface area (Å²) in [5.41, 5.74) is 4.41. The Morgan fingerprint density at radius 2 is 1.89 bits per heavy atom. The van der Waals surface area contributed by atoms with E-state index in [2.05, 4.69) is 25.9 Å². The molecule has 1 atom stereocenters. The van der Waals surface area contributed by atoms with Crippen molar-refractivity contribution in [3.63, 3.8) is 0 Å². The predicted octanol–water partition coefficient (Wildman–Crippen LogP) is 5.41. The molecule has 0 bridgehead atoms. The third kappa shape index (κ3) is 5.07. The highest BCUT2D eigenvalue weighted by molar-refractivity contribution is 6.31. The third-order valence-electron chi connectivity index (χ3n) is 5.86. The molecular formula is C27H23ClN6O3. The van der Waals surface area contributed by atoms with E-state index in [9.17, 15) is 9.59 Å². The number of pyridine rings is 1. The number of nitrogens with zero attached hydrogens (tertiary/aromatic N) is 3. The van der Waals surface area contributed by atoms with E-state index in [4.69, 9.17) is 21.0 Å². The van der Waals surface area contributed by atoms with Crippen molar-refractivity contribution in [2.24, 2.45) is 4.99 Å². The van der Waals surface area contributed by atoms with Gasteiger partial charge in [0.15, 0.2) is 11.4 Å². The van der Waals surface area contributed by atoms with Crippen molar-refractivity contribution in [2.45, 2.75) is 26.8 Å². The number of nitrogens with one attached hydrogen (secondary N) is 3. The average molecular weight is 515 g/mol. The summed E-state index contributed by atoms with van der Waals surface area (Å²) in [6.45, 7) is 5.20. The Balaban J connectivity index is 1.48. The summed E-state index contributed by atoms with van der Waals surface area (Å²) in [6, 6.07) is 15.6. The molecule has 0 radical (unpaired) electrons. The zero-order chi connectivity index (χ0) is 26.1. The van der Waals surface area contributed by atoms with Gasteiger partial charge in [0.05, 0.1) is 5.57 Å². The second kappa shape index (κ2) is 9.87. The fourth-order valence-corrected chi connectivity index (χ4v) is 4.29. The number of oxazole rings is 1. The summed E-state index contributed by atoms with van der Waals surface area (Å²) < 4.78 is 5.81. The Morgan fingerprint density at radius 3 is 2.68 bits per heavy atom. The van der Waals surface area contributed by atoms with Crippen LogP contribution in [0, 0.1) is 6.92 Å². The molecule has 4 aromatic rings. The van der Waals surface area contributed by atoms with Gasteiger partial charge in [-0.2, -0.15) is 4.98 Å². The van der Waals surface area contributed by atoms with Crippen molar-refractivity contribution in [1.29, 1.82) is 0 Å². The Hall–Kier alpha value is -4.50. The Labute approximate surface area is 217 Å². The highest BCUT2D eigenvalue weighted by Crippen LogP contribution is 2.35. The van der Waals surface area contributed by atoms with E-state index in [1.165, 1.54) is 19.2 Å². The van der Waals surface area contributed by atoms with E-state index < -0.39 is 11.9 Å². The van der Waals surface area contributed by atoms with E-state index in [1.54, 1.807) is 19.1 Å². The molecule has 37 heavy (non-hydrogen) atoms. The molecule has 1 unspecified atom stereocenters. The monoisotopic (exact) mass is 514 g/mol. The molecule has 1 aliphatic heterocycles. The molecule has 3 N–H and O–H groups in total. The summed E-state index contributed by atoms with van der Waals surface area (Å²) in [6.07, 6.45) is 1.47. The van der Waals surface area contributed by atoms with Crippen molar-refractivity contribution >= 4 is 52.2 Å². The van der Waals surface area contributed by atoms with Crippen LogP contribution in [-0.2, 0) is 4.79 Å². The lowest BCUT2D eigenvalue weighted by Gasteiger charge is -2.26. The quantitative estimate of drug-likeness (QED) is 0.304. The van der Waals surface area contributed by atoms with Gasteiger partial charge in [-0.15, -0.1) is 0 Å². The summed E-state index contributed by atoms with van der Waals surface area (Å²) >= 11 is 6.52. The van der Waals surface area contributed by atoms with Gasteiger partial charge in [-0.3, -0.25) is 14.9 Å². The van der Waals surface area contributed by atoms with Crippen molar-refractivity contribution in [1.82, 2.24) is 15.3 Å². The predicted molar refractivity (Wildman–Crippen MR) is 143 cm³/mol. The van der Waals surface area contributed by atoms with Gasteiger partial charge in [0, 0.05) is 28.0 Å². The summed E-state index contributed by atoms with van der Waals surface area (Å²) in [7, 11) is 0. The van der Waals surface area contributed by atoms with Gasteiger partial charge in [0.2, 0.25) is 5.96 Å². The maximum Gasteiger partial charge on any atom is 0.302 e. The molecule has 0 saturated carbocycles. The van der Waals surface area contributed by atoms with Crippen molar-refractivity contribution < 1.29 is 14.0 Å². The lowest BCUT2D eigenvalue weighted by atomic mass is 9.95. The minimum atomic E-state index is -0.736. The first kappa shape index (κ1) is 24.2. The van der Waals surface area contributed by atoms with Crippen LogP contribution >= 0.6 is 11.6 Å². The van der Waals surface area contributed by atoms with Crippen molar-refractivity contribution in [3.05, 3.63) is 93.8 Å². The SMILES string of the molecule is CC(=O)c1ccnc(NC(=O)C2=C(C)NC(Nc3nc4cc(C)ccc4o3)=NC2c2ccccc2Cl)c1. The topological polar surface area (TPSA) is 122 Å². The second-order valence-electron chi connectivity index (χ2n) is 8.62. The van der Waals surface area contributed by atoms with Crippen LogP contribution < -0.4 is 16.0 Å². The molecule has 186 valence electrons. The minimum absolute atomic E-state index is 0.128. The van der Waals surface area contributed by atoms with Crippen LogP contribution in [0.25, 0.3) is 11.1 Å². The number of benzene rings is 2. The number of halogens is 1. The Bertz CT molecular complexity index is 1610. The Kier molecular flexibility index (Phi) is 6.45. The molecule has 10 heteroatoms. The van der Waals surface area contributed by atoms with Crippen LogP contribution in [0.2, 0.25) is 5.02 Å². The van der Waals surface area contributed by atoms with Gasteiger partial charge in [0.1, 0.15) is 17.4 Å². The van der Waals surface area contributed by atoms with Crippen molar-refractivity contribution in [2.75, 3.05) is 10.6 Å². The molecule has 2 aromatic heterocycles. The maximum atomic E-state index is 13.5. The van der Waals surface area contributed by atoms with E-state index >= 15 is 0 Å². The molecule has 0 fully saturated rings. The fraction of sp³-hybridized carbons (Fsp3) is 0.148. The van der Waals surface area contributed by atoms with Crippen LogP contribution in [0.3, 0.4) is 0 Å². The maximum absolute atomic E-state index is 13.5. The number of aliphatic imine (C=N–C) groups is 1. The van der Waals surface area contributed by atoms with Gasteiger partial charge in [-0.1, -0.05) is 35.9 Å². The number of hydrogen-bond donors (Lipinski definition) is 3. The molecule has 1 aliphatic rings. The van der Waals surface area contributed by atoms with Crippen LogP contribution in [0.1, 0.15) is 41.4 Å². The first-order chi connectivity index (χ1) is 17.8. The Morgan fingerprint density at radius 1 is 1.08 bits per heavy atom. The number of anilines is 2. The first-order valence-corrected chi connectivity index (χ1v) is 11.9. The average Bonchev–Trinajstić information content (AvgIpc) is 3.25. The van der Waals surface area contributed by atoms with Crippen LogP contribution in [0.5, 0.6) is 0 Å². The van der Waals surface area contributed by atoms with E-state index in [0.29, 0.717) is 44.5 Å². The number of ketones is 1. The zero-order valence-corrected chi connectivity index (χ0v) is 21.1. The molecule has 3 heterocycles. The lowest BCUT2D eigenvalue weighted by molar-refractivity contribution is -0.113. The molecular weight excluding hydrogens is 492 g/mol. The van der Waals surface area contributed by atoms with Crippen molar-refractivity contribution in [3.8, 4) is 0 Å². The number of amides is 1. The van der Waals surface area contributed by atoms with Gasteiger partial charge in [-0.25, -0.2) is 9.98 Å². The van der Waals surface area contributed by atoms with Gasteiger partial charge in [-0.05, 0) is 56.7 Å². The number of Topliss-reactive ketones (excluding diaryl/α,β-unsaturated/α-hetero) is 1. The first-order valence-electron chi connectivity index (χ1n) is 11.5. The number of carbonyl (C=O) groups is 2. The third-order valence-corrected chi connectivity index (χ3v) is 6.21. The second-order valence-corrected chi connectivity index (χ2v) is 9.03. The number of aromatic nitrogens is 2. The summed E-state index contributed by atoms with van der Waals surface area (Å²) in [4.78, 5) is 38.6. The zero-order valence-electron chi connectivity index (χ0n) is 20.3. The van der Waals surface area contributed by atoms with E-state index in [0.717, 1.165) is 5.56 Å². The van der Waals surface area contributed by atoms with Gasteiger partial charge >= 0.3 is 6.01 Å². The number of fused-ring (bicyclic) bond motifs is 1. The number of hydrogen-bond acceptors (Lipinski definition) is 8. The molecule has 9 nitrogen and oxygen atoms in total. The minimum Gasteiger partial charge on any atom is -0.423 e. The number of aryl methyl sites for hydroxylation is 1. The fourth-order valence-electron chi connectivity index (χ4n) is 4.05. The standard InChI is InChI=1S/C27H23ClN6O3/c1-14-8-9-21-20(12-14)31-27(37-21)34-26-30-15(2)23(24(33-26)18-6-4-5-7-19(18)28)25(36)32-22-13-17(16(3)35)10-11-29-22/h4-13,24H,1-3H3,(H,29,32,36)(H2,30,31,33,34). The molecule has 0 spiro atoms. The highest BCUT2D eigenvalue weighted by Gasteiger charge is 2.31. The van der Waals surface area contributed by atoms with Crippen LogP contribution in [0.15, 0.2) is 81.5 Å². The van der Waals surface area contributed by atoms with E-state index in [-0.39, 0.29) is 17.6 Å². The highest BCUT2D eigenvalue weighted by atomic mass is 35.5. The molecule has 0 saturated heterocycles. The molecule has 2 aromatic carbocycles. The number of allylic oxidation sites excluding steroid dienone is 1. The number of rotatable bonds is 5.